The minimum absolute atomic E-state index is 0.235. The fraction of sp³-hybridized carbons (Fsp3) is 0.194. The number of hydrogen-bond donors (Lipinski definition) is 0. The molecule has 0 aliphatic carbocycles. The Morgan fingerprint density at radius 2 is 1.14 bits per heavy atom. The van der Waals surface area contributed by atoms with Gasteiger partial charge < -0.3 is 9.47 Å². The van der Waals surface area contributed by atoms with Gasteiger partial charge in [-0.15, -0.1) is 0 Å². The van der Waals surface area contributed by atoms with Gasteiger partial charge in [-0.3, -0.25) is 9.69 Å². The molecular formula is C31H31NO3. The number of carbonyl (C=O) groups is 1. The maximum absolute atomic E-state index is 13.0. The second-order valence-electron chi connectivity index (χ2n) is 8.54. The molecule has 4 aromatic carbocycles. The number of nitrogens with zero attached hydrogens (tertiary/aromatic N) is 1. The minimum atomic E-state index is -0.420. The van der Waals surface area contributed by atoms with Crippen LogP contribution < -0.4 is 4.74 Å². The minimum Gasteiger partial charge on any atom is -0.489 e. The van der Waals surface area contributed by atoms with Crippen molar-refractivity contribution in [1.82, 2.24) is 4.90 Å². The lowest BCUT2D eigenvalue weighted by atomic mass is 10.0. The van der Waals surface area contributed by atoms with Crippen LogP contribution in [0.2, 0.25) is 0 Å². The summed E-state index contributed by atoms with van der Waals surface area (Å²) >= 11 is 0. The highest BCUT2D eigenvalue weighted by molar-refractivity contribution is 5.76. The molecule has 35 heavy (non-hydrogen) atoms. The second kappa shape index (κ2) is 12.5. The summed E-state index contributed by atoms with van der Waals surface area (Å²) in [5.74, 6) is 0.568. The van der Waals surface area contributed by atoms with Gasteiger partial charge in [0.05, 0.1) is 7.11 Å². The van der Waals surface area contributed by atoms with Crippen molar-refractivity contribution in [2.24, 2.45) is 0 Å². The molecule has 0 aromatic heterocycles. The molecule has 0 saturated carbocycles. The van der Waals surface area contributed by atoms with Crippen LogP contribution in [0.15, 0.2) is 115 Å². The van der Waals surface area contributed by atoms with E-state index in [0.29, 0.717) is 26.1 Å². The van der Waals surface area contributed by atoms with E-state index in [2.05, 4.69) is 29.2 Å². The lowest BCUT2D eigenvalue weighted by Crippen LogP contribution is -2.42. The highest BCUT2D eigenvalue weighted by Crippen LogP contribution is 2.20. The molecule has 0 saturated heterocycles. The molecule has 0 spiro atoms. The molecule has 1 atom stereocenters. The number of ether oxygens (including phenoxy) is 2. The standard InChI is InChI=1S/C31H31NO3/c1-34-31(33)30(21-25-17-19-29(20-18-25)35-24-28-15-9-4-10-16-28)32(22-26-11-5-2-6-12-26)23-27-13-7-3-8-14-27/h2-20,30H,21-24H2,1H3/t30-/m1/s1. The second-order valence-corrected chi connectivity index (χ2v) is 8.54. The molecule has 0 unspecified atom stereocenters. The molecular weight excluding hydrogens is 434 g/mol. The number of rotatable bonds is 11. The Morgan fingerprint density at radius 3 is 1.63 bits per heavy atom. The van der Waals surface area contributed by atoms with E-state index in [4.69, 9.17) is 9.47 Å². The van der Waals surface area contributed by atoms with E-state index in [0.717, 1.165) is 28.0 Å². The Balaban J connectivity index is 1.50. The number of hydrogen-bond acceptors (Lipinski definition) is 4. The molecule has 0 bridgehead atoms. The number of carbonyl (C=O) groups excluding carboxylic acids is 1. The van der Waals surface area contributed by atoms with Gasteiger partial charge in [0.15, 0.2) is 0 Å². The van der Waals surface area contributed by atoms with Gasteiger partial charge in [0.25, 0.3) is 0 Å². The molecule has 4 heteroatoms. The lowest BCUT2D eigenvalue weighted by molar-refractivity contribution is -0.147. The maximum atomic E-state index is 13.0. The van der Waals surface area contributed by atoms with Gasteiger partial charge in [-0.2, -0.15) is 0 Å². The van der Waals surface area contributed by atoms with E-state index >= 15 is 0 Å². The van der Waals surface area contributed by atoms with Gasteiger partial charge >= 0.3 is 5.97 Å². The van der Waals surface area contributed by atoms with Crippen LogP contribution in [0.4, 0.5) is 0 Å². The highest BCUT2D eigenvalue weighted by Gasteiger charge is 2.27. The Bertz CT molecular complexity index is 1120. The summed E-state index contributed by atoms with van der Waals surface area (Å²) < 4.78 is 11.2. The molecule has 4 aromatic rings. The van der Waals surface area contributed by atoms with E-state index in [1.54, 1.807) is 0 Å². The first-order valence-corrected chi connectivity index (χ1v) is 11.9. The molecule has 4 nitrogen and oxygen atoms in total. The van der Waals surface area contributed by atoms with Crippen LogP contribution in [0.1, 0.15) is 22.3 Å². The monoisotopic (exact) mass is 465 g/mol. The van der Waals surface area contributed by atoms with Gasteiger partial charge in [-0.25, -0.2) is 0 Å². The Kier molecular flexibility index (Phi) is 8.68. The van der Waals surface area contributed by atoms with Crippen LogP contribution in [0.25, 0.3) is 0 Å². The van der Waals surface area contributed by atoms with E-state index < -0.39 is 6.04 Å². The van der Waals surface area contributed by atoms with Crippen molar-refractivity contribution in [3.8, 4) is 5.75 Å². The predicted octanol–water partition coefficient (Wildman–Crippen LogP) is 6.05. The first kappa shape index (κ1) is 24.2. The highest BCUT2D eigenvalue weighted by atomic mass is 16.5. The van der Waals surface area contributed by atoms with Crippen molar-refractivity contribution < 1.29 is 14.3 Å². The molecule has 0 aliphatic rings. The van der Waals surface area contributed by atoms with Crippen LogP contribution in [-0.2, 0) is 35.6 Å². The third-order valence-electron chi connectivity index (χ3n) is 5.97. The van der Waals surface area contributed by atoms with Crippen LogP contribution in [0, 0.1) is 0 Å². The zero-order valence-electron chi connectivity index (χ0n) is 20.0. The fourth-order valence-corrected chi connectivity index (χ4v) is 4.10. The van der Waals surface area contributed by atoms with Gasteiger partial charge in [0, 0.05) is 13.1 Å². The fourth-order valence-electron chi connectivity index (χ4n) is 4.10. The van der Waals surface area contributed by atoms with Gasteiger partial charge in [-0.05, 0) is 40.8 Å². The van der Waals surface area contributed by atoms with Crippen molar-refractivity contribution >= 4 is 5.97 Å². The summed E-state index contributed by atoms with van der Waals surface area (Å²) in [7, 11) is 1.46. The summed E-state index contributed by atoms with van der Waals surface area (Å²) in [6.07, 6.45) is 0.547. The van der Waals surface area contributed by atoms with E-state index in [1.165, 1.54) is 7.11 Å². The molecule has 0 heterocycles. The summed E-state index contributed by atoms with van der Waals surface area (Å²) in [6, 6.07) is 38.1. The molecule has 0 N–H and O–H groups in total. The summed E-state index contributed by atoms with van der Waals surface area (Å²) in [4.78, 5) is 15.2. The largest absolute Gasteiger partial charge is 0.489 e. The smallest absolute Gasteiger partial charge is 0.323 e. The molecule has 4 rings (SSSR count). The van der Waals surface area contributed by atoms with Gasteiger partial charge in [0.1, 0.15) is 18.4 Å². The first-order chi connectivity index (χ1) is 17.2. The van der Waals surface area contributed by atoms with E-state index in [9.17, 15) is 4.79 Å². The molecule has 0 amide bonds. The van der Waals surface area contributed by atoms with Crippen molar-refractivity contribution in [3.05, 3.63) is 138 Å². The molecule has 0 aliphatic heterocycles. The molecule has 0 radical (unpaired) electrons. The Labute approximate surface area is 207 Å². The van der Waals surface area contributed by atoms with Crippen molar-refractivity contribution in [3.63, 3.8) is 0 Å². The Hall–Kier alpha value is -3.89. The predicted molar refractivity (Wildman–Crippen MR) is 139 cm³/mol. The first-order valence-electron chi connectivity index (χ1n) is 11.9. The van der Waals surface area contributed by atoms with Crippen LogP contribution in [0.5, 0.6) is 5.75 Å². The SMILES string of the molecule is COC(=O)[C@@H](Cc1ccc(OCc2ccccc2)cc1)N(Cc1ccccc1)Cc1ccccc1. The third-order valence-corrected chi connectivity index (χ3v) is 5.97. The average molecular weight is 466 g/mol. The van der Waals surface area contributed by atoms with Gasteiger partial charge in [0.2, 0.25) is 0 Å². The third kappa shape index (κ3) is 7.29. The summed E-state index contributed by atoms with van der Waals surface area (Å²) in [5, 5.41) is 0. The normalized spacial score (nSPS) is 11.7. The summed E-state index contributed by atoms with van der Waals surface area (Å²) in [6.45, 7) is 1.81. The van der Waals surface area contributed by atoms with E-state index in [-0.39, 0.29) is 5.97 Å². The number of methoxy groups -OCH3 is 1. The number of benzene rings is 4. The van der Waals surface area contributed by atoms with E-state index in [1.807, 2.05) is 91.0 Å². The van der Waals surface area contributed by atoms with Crippen molar-refractivity contribution in [1.29, 1.82) is 0 Å². The molecule has 178 valence electrons. The summed E-state index contributed by atoms with van der Waals surface area (Å²) in [5.41, 5.74) is 4.49. The van der Waals surface area contributed by atoms with Crippen LogP contribution in [0.3, 0.4) is 0 Å². The topological polar surface area (TPSA) is 38.8 Å². The number of esters is 1. The van der Waals surface area contributed by atoms with Crippen molar-refractivity contribution in [2.75, 3.05) is 7.11 Å². The van der Waals surface area contributed by atoms with Crippen molar-refractivity contribution in [2.45, 2.75) is 32.2 Å². The average Bonchev–Trinajstić information content (AvgIpc) is 2.92. The lowest BCUT2D eigenvalue weighted by Gasteiger charge is -2.30. The quantitative estimate of drug-likeness (QED) is 0.253. The zero-order valence-corrected chi connectivity index (χ0v) is 20.0. The molecule has 0 fully saturated rings. The maximum Gasteiger partial charge on any atom is 0.323 e. The van der Waals surface area contributed by atoms with Gasteiger partial charge in [-0.1, -0.05) is 103 Å². The van der Waals surface area contributed by atoms with Crippen LogP contribution in [-0.4, -0.2) is 24.0 Å². The van der Waals surface area contributed by atoms with Crippen LogP contribution >= 0.6 is 0 Å². The zero-order chi connectivity index (χ0) is 24.3. The Morgan fingerprint density at radius 1 is 0.657 bits per heavy atom.